The number of nitrogens with zero attached hydrogens (tertiary/aromatic N) is 2. The summed E-state index contributed by atoms with van der Waals surface area (Å²) in [5, 5.41) is 1.28. The average Bonchev–Trinajstić information content (AvgIpc) is 2.59. The number of fused-ring (bicyclic) bond motifs is 2. The fraction of sp³-hybridized carbons (Fsp3) is 0.174. The predicted octanol–water partition coefficient (Wildman–Crippen LogP) is 4.79. The number of benzene rings is 2. The van der Waals surface area contributed by atoms with Crippen molar-refractivity contribution < 1.29 is 4.57 Å². The van der Waals surface area contributed by atoms with E-state index in [1.165, 1.54) is 44.7 Å². The van der Waals surface area contributed by atoms with Crippen LogP contribution >= 0.6 is 0 Å². The number of aromatic nitrogens is 1. The first kappa shape index (κ1) is 15.6. The maximum atomic E-state index is 2.26. The summed E-state index contributed by atoms with van der Waals surface area (Å²) in [7, 11) is 4.27. The standard InChI is InChI=1S/C23H23N2/c1-16-5-11-22-18(13-16)7-9-20(24(22)3)15-21-10-8-19-14-17(2)6-12-23(19)25(21)4/h5-15H,1-4H3/q+1. The Morgan fingerprint density at radius 1 is 0.880 bits per heavy atom. The van der Waals surface area contributed by atoms with E-state index in [2.05, 4.69) is 104 Å². The molecule has 2 nitrogen and oxygen atoms in total. The van der Waals surface area contributed by atoms with Gasteiger partial charge in [0.2, 0.25) is 11.2 Å². The van der Waals surface area contributed by atoms with Crippen LogP contribution in [0.1, 0.15) is 22.4 Å². The van der Waals surface area contributed by atoms with E-state index in [0.717, 1.165) is 0 Å². The van der Waals surface area contributed by atoms with Gasteiger partial charge in [-0.25, -0.2) is 0 Å². The van der Waals surface area contributed by atoms with E-state index in [1.807, 2.05) is 0 Å². The van der Waals surface area contributed by atoms with Gasteiger partial charge in [-0.05, 0) is 49.8 Å². The number of likely N-dealkylation sites (N-methyl/N-ethyl adjacent to an activating group) is 1. The summed E-state index contributed by atoms with van der Waals surface area (Å²) in [5.41, 5.74) is 8.74. The van der Waals surface area contributed by atoms with Crippen LogP contribution in [0.5, 0.6) is 0 Å². The minimum atomic E-state index is 1.19. The molecule has 0 unspecified atom stereocenters. The molecule has 0 fully saturated rings. The number of rotatable bonds is 1. The number of allylic oxidation sites excluding steroid dienone is 1. The Morgan fingerprint density at radius 2 is 1.64 bits per heavy atom. The predicted molar refractivity (Wildman–Crippen MR) is 106 cm³/mol. The smallest absolute Gasteiger partial charge is 0.212 e. The van der Waals surface area contributed by atoms with Crippen LogP contribution in [-0.4, -0.2) is 7.05 Å². The lowest BCUT2D eigenvalue weighted by atomic mass is 10.0. The fourth-order valence-corrected chi connectivity index (χ4v) is 3.52. The number of pyridine rings is 1. The van der Waals surface area contributed by atoms with Crippen LogP contribution in [0.4, 0.5) is 5.69 Å². The summed E-state index contributed by atoms with van der Waals surface area (Å²) in [6.07, 6.45) is 6.65. The van der Waals surface area contributed by atoms with E-state index < -0.39 is 0 Å². The van der Waals surface area contributed by atoms with Crippen LogP contribution in [-0.2, 0) is 7.05 Å². The van der Waals surface area contributed by atoms with Crippen molar-refractivity contribution in [3.63, 3.8) is 0 Å². The summed E-state index contributed by atoms with van der Waals surface area (Å²) in [6.45, 7) is 4.27. The molecule has 2 heteroatoms. The minimum Gasteiger partial charge on any atom is -0.344 e. The van der Waals surface area contributed by atoms with Crippen molar-refractivity contribution in [3.05, 3.63) is 82.7 Å². The molecule has 1 aliphatic rings. The first-order valence-electron chi connectivity index (χ1n) is 8.66. The van der Waals surface area contributed by atoms with Gasteiger partial charge in [-0.2, -0.15) is 4.57 Å². The van der Waals surface area contributed by atoms with Crippen molar-refractivity contribution in [1.82, 2.24) is 0 Å². The highest BCUT2D eigenvalue weighted by Gasteiger charge is 2.16. The Kier molecular flexibility index (Phi) is 3.69. The van der Waals surface area contributed by atoms with E-state index in [0.29, 0.717) is 0 Å². The maximum absolute atomic E-state index is 2.26. The van der Waals surface area contributed by atoms with Crippen molar-refractivity contribution in [1.29, 1.82) is 0 Å². The van der Waals surface area contributed by atoms with Crippen molar-refractivity contribution in [2.75, 3.05) is 11.9 Å². The Balaban J connectivity index is 1.79. The molecule has 0 saturated carbocycles. The van der Waals surface area contributed by atoms with E-state index in [1.54, 1.807) is 0 Å². The van der Waals surface area contributed by atoms with E-state index in [9.17, 15) is 0 Å². The number of hydrogen-bond donors (Lipinski definition) is 0. The minimum absolute atomic E-state index is 1.19. The van der Waals surface area contributed by atoms with Crippen molar-refractivity contribution in [3.8, 4) is 0 Å². The molecule has 4 rings (SSSR count). The summed E-state index contributed by atoms with van der Waals surface area (Å²) in [6, 6.07) is 17.6. The Hall–Kier alpha value is -2.87. The lowest BCUT2D eigenvalue weighted by Gasteiger charge is -2.26. The normalized spacial score (nSPS) is 15.0. The van der Waals surface area contributed by atoms with Crippen LogP contribution in [0.15, 0.2) is 60.3 Å². The van der Waals surface area contributed by atoms with Crippen LogP contribution < -0.4 is 9.47 Å². The summed E-state index contributed by atoms with van der Waals surface area (Å²) >= 11 is 0. The third-order valence-electron chi connectivity index (χ3n) is 5.03. The first-order valence-corrected chi connectivity index (χ1v) is 8.66. The Bertz CT molecular complexity index is 1040. The van der Waals surface area contributed by atoms with Gasteiger partial charge < -0.3 is 4.90 Å². The van der Waals surface area contributed by atoms with Crippen LogP contribution in [0, 0.1) is 13.8 Å². The third kappa shape index (κ3) is 2.74. The topological polar surface area (TPSA) is 7.12 Å². The third-order valence-corrected chi connectivity index (χ3v) is 5.03. The quantitative estimate of drug-likeness (QED) is 0.583. The average molecular weight is 327 g/mol. The number of aryl methyl sites for hydroxylation is 3. The van der Waals surface area contributed by atoms with Gasteiger partial charge in [-0.3, -0.25) is 0 Å². The SMILES string of the molecule is Cc1ccc2c(c1)C=C/C(=C\c1ccc3cc(C)ccc3[n+]1C)N2C. The molecule has 2 heterocycles. The molecule has 0 saturated heterocycles. The lowest BCUT2D eigenvalue weighted by molar-refractivity contribution is -0.646. The van der Waals surface area contributed by atoms with Gasteiger partial charge >= 0.3 is 0 Å². The van der Waals surface area contributed by atoms with Crippen LogP contribution in [0.3, 0.4) is 0 Å². The summed E-state index contributed by atoms with van der Waals surface area (Å²) < 4.78 is 2.26. The summed E-state index contributed by atoms with van der Waals surface area (Å²) in [4.78, 5) is 2.26. The van der Waals surface area contributed by atoms with Gasteiger partial charge in [0.1, 0.15) is 7.05 Å². The largest absolute Gasteiger partial charge is 0.344 e. The molecule has 1 aliphatic heterocycles. The molecule has 25 heavy (non-hydrogen) atoms. The first-order chi connectivity index (χ1) is 12.0. The van der Waals surface area contributed by atoms with E-state index in [4.69, 9.17) is 0 Å². The maximum Gasteiger partial charge on any atom is 0.212 e. The molecule has 124 valence electrons. The molecule has 0 spiro atoms. The second-order valence-corrected chi connectivity index (χ2v) is 6.90. The van der Waals surface area contributed by atoms with Gasteiger partial charge in [-0.1, -0.05) is 29.3 Å². The van der Waals surface area contributed by atoms with E-state index in [-0.39, 0.29) is 0 Å². The monoisotopic (exact) mass is 327 g/mol. The van der Waals surface area contributed by atoms with Crippen LogP contribution in [0.25, 0.3) is 23.1 Å². The molecule has 0 radical (unpaired) electrons. The molecule has 1 aromatic heterocycles. The Labute approximate surface area is 149 Å². The molecule has 3 aromatic rings. The molecule has 0 amide bonds. The molecule has 0 atom stereocenters. The second-order valence-electron chi connectivity index (χ2n) is 6.90. The fourth-order valence-electron chi connectivity index (χ4n) is 3.52. The zero-order valence-corrected chi connectivity index (χ0v) is 15.2. The second kappa shape index (κ2) is 5.89. The van der Waals surface area contributed by atoms with Gasteiger partial charge in [0.15, 0.2) is 0 Å². The van der Waals surface area contributed by atoms with Gasteiger partial charge in [0, 0.05) is 42.0 Å². The highest BCUT2D eigenvalue weighted by molar-refractivity contribution is 5.81. The van der Waals surface area contributed by atoms with Gasteiger partial charge in [0.25, 0.3) is 0 Å². The highest BCUT2D eigenvalue weighted by atomic mass is 15.1. The van der Waals surface area contributed by atoms with Gasteiger partial charge in [0.05, 0.1) is 0 Å². The molecule has 2 aromatic carbocycles. The molecule has 0 bridgehead atoms. The molecular weight excluding hydrogens is 304 g/mol. The lowest BCUT2D eigenvalue weighted by Crippen LogP contribution is -2.33. The molecule has 0 N–H and O–H groups in total. The van der Waals surface area contributed by atoms with Crippen LogP contribution in [0.2, 0.25) is 0 Å². The van der Waals surface area contributed by atoms with Crippen molar-refractivity contribution in [2.45, 2.75) is 13.8 Å². The zero-order valence-electron chi connectivity index (χ0n) is 15.2. The van der Waals surface area contributed by atoms with Crippen molar-refractivity contribution >= 4 is 28.7 Å². The number of anilines is 1. The number of hydrogen-bond acceptors (Lipinski definition) is 1. The van der Waals surface area contributed by atoms with Crippen molar-refractivity contribution in [2.24, 2.45) is 7.05 Å². The summed E-state index contributed by atoms with van der Waals surface area (Å²) in [5.74, 6) is 0. The molecule has 0 aliphatic carbocycles. The molecular formula is C23H23N2+. The van der Waals surface area contributed by atoms with Gasteiger partial charge in [-0.15, -0.1) is 0 Å². The van der Waals surface area contributed by atoms with E-state index >= 15 is 0 Å². The highest BCUT2D eigenvalue weighted by Crippen LogP contribution is 2.31. The zero-order chi connectivity index (χ0) is 17.6. The Morgan fingerprint density at radius 3 is 2.48 bits per heavy atom.